The second-order valence-corrected chi connectivity index (χ2v) is 5.11. The van der Waals surface area contributed by atoms with Gasteiger partial charge in [-0.2, -0.15) is 0 Å². The zero-order valence-electron chi connectivity index (χ0n) is 11.6. The molecule has 0 unspecified atom stereocenters. The molecule has 0 fully saturated rings. The zero-order valence-corrected chi connectivity index (χ0v) is 13.2. The number of rotatable bonds is 4. The summed E-state index contributed by atoms with van der Waals surface area (Å²) >= 11 is 3.39. The van der Waals surface area contributed by atoms with Crippen molar-refractivity contribution in [2.24, 2.45) is 0 Å². The van der Waals surface area contributed by atoms with Crippen LogP contribution in [0, 0.1) is 0 Å². The number of hydrogen-bond donors (Lipinski definition) is 2. The number of nitrogen functional groups attached to an aromatic ring is 1. The lowest BCUT2D eigenvalue weighted by Crippen LogP contribution is -2.13. The van der Waals surface area contributed by atoms with Crippen molar-refractivity contribution in [3.05, 3.63) is 46.4 Å². The Morgan fingerprint density at radius 2 is 1.90 bits per heavy atom. The first-order valence-corrected chi connectivity index (χ1v) is 6.93. The van der Waals surface area contributed by atoms with Crippen molar-refractivity contribution in [2.45, 2.75) is 0 Å². The molecule has 5 nitrogen and oxygen atoms in total. The minimum absolute atomic E-state index is 0.291. The first-order valence-electron chi connectivity index (χ1n) is 6.13. The van der Waals surface area contributed by atoms with Gasteiger partial charge in [-0.25, -0.2) is 0 Å². The fourth-order valence-electron chi connectivity index (χ4n) is 1.81. The van der Waals surface area contributed by atoms with E-state index in [9.17, 15) is 4.79 Å². The number of anilines is 2. The highest BCUT2D eigenvalue weighted by molar-refractivity contribution is 9.10. The Hall–Kier alpha value is -2.21. The zero-order chi connectivity index (χ0) is 15.4. The Morgan fingerprint density at radius 1 is 1.14 bits per heavy atom. The van der Waals surface area contributed by atoms with Gasteiger partial charge in [0.05, 0.1) is 25.5 Å². The quantitative estimate of drug-likeness (QED) is 0.829. The number of hydrogen-bond acceptors (Lipinski definition) is 4. The van der Waals surface area contributed by atoms with Crippen molar-refractivity contribution in [1.29, 1.82) is 0 Å². The average molecular weight is 351 g/mol. The van der Waals surface area contributed by atoms with Crippen molar-refractivity contribution in [1.82, 2.24) is 0 Å². The van der Waals surface area contributed by atoms with Crippen LogP contribution in [0.2, 0.25) is 0 Å². The van der Waals surface area contributed by atoms with Crippen LogP contribution >= 0.6 is 15.9 Å². The van der Waals surface area contributed by atoms with E-state index in [1.165, 1.54) is 7.11 Å². The number of nitrogens with one attached hydrogen (secondary N) is 1. The summed E-state index contributed by atoms with van der Waals surface area (Å²) in [7, 11) is 3.06. The predicted molar refractivity (Wildman–Crippen MR) is 86.1 cm³/mol. The lowest BCUT2D eigenvalue weighted by Gasteiger charge is -2.12. The van der Waals surface area contributed by atoms with Crippen molar-refractivity contribution in [2.75, 3.05) is 25.3 Å². The minimum atomic E-state index is -0.291. The molecule has 0 radical (unpaired) electrons. The maximum Gasteiger partial charge on any atom is 0.259 e. The Morgan fingerprint density at radius 3 is 2.57 bits per heavy atom. The van der Waals surface area contributed by atoms with E-state index in [1.54, 1.807) is 43.5 Å². The molecule has 6 heteroatoms. The van der Waals surface area contributed by atoms with Gasteiger partial charge in [-0.3, -0.25) is 4.79 Å². The van der Waals surface area contributed by atoms with Crippen molar-refractivity contribution >= 4 is 33.2 Å². The summed E-state index contributed by atoms with van der Waals surface area (Å²) in [5, 5.41) is 2.81. The maximum atomic E-state index is 12.4. The van der Waals surface area contributed by atoms with Crippen molar-refractivity contribution < 1.29 is 14.3 Å². The number of halogens is 1. The first-order chi connectivity index (χ1) is 10.0. The molecule has 0 aliphatic carbocycles. The van der Waals surface area contributed by atoms with E-state index in [4.69, 9.17) is 15.2 Å². The normalized spacial score (nSPS) is 10.0. The molecule has 0 aliphatic rings. The van der Waals surface area contributed by atoms with E-state index >= 15 is 0 Å². The lowest BCUT2D eigenvalue weighted by atomic mass is 10.1. The number of amides is 1. The lowest BCUT2D eigenvalue weighted by molar-refractivity contribution is 0.102. The first kappa shape index (κ1) is 15.2. The van der Waals surface area contributed by atoms with E-state index in [0.717, 1.165) is 4.47 Å². The van der Waals surface area contributed by atoms with Crippen LogP contribution in [0.4, 0.5) is 11.4 Å². The number of carbonyl (C=O) groups excluding carboxylic acids is 1. The average Bonchev–Trinajstić information content (AvgIpc) is 2.49. The minimum Gasteiger partial charge on any atom is -0.497 e. The number of carbonyl (C=O) groups is 1. The van der Waals surface area contributed by atoms with Gasteiger partial charge in [-0.1, -0.05) is 0 Å². The Kier molecular flexibility index (Phi) is 4.70. The van der Waals surface area contributed by atoms with Crippen LogP contribution in [-0.4, -0.2) is 20.1 Å². The maximum absolute atomic E-state index is 12.4. The van der Waals surface area contributed by atoms with E-state index in [-0.39, 0.29) is 5.91 Å². The van der Waals surface area contributed by atoms with Gasteiger partial charge in [0.25, 0.3) is 5.91 Å². The SMILES string of the molecule is COc1ccc(Br)c(NC(=O)c2ccc(N)cc2OC)c1. The fraction of sp³-hybridized carbons (Fsp3) is 0.133. The molecule has 0 atom stereocenters. The van der Waals surface area contributed by atoms with E-state index in [0.29, 0.717) is 28.4 Å². The Labute approximate surface area is 131 Å². The second kappa shape index (κ2) is 6.49. The summed E-state index contributed by atoms with van der Waals surface area (Å²) in [4.78, 5) is 12.4. The summed E-state index contributed by atoms with van der Waals surface area (Å²) in [6.07, 6.45) is 0. The van der Waals surface area contributed by atoms with Gasteiger partial charge in [-0.05, 0) is 40.2 Å². The van der Waals surface area contributed by atoms with E-state index < -0.39 is 0 Å². The third-order valence-corrected chi connectivity index (χ3v) is 3.58. The molecule has 2 aromatic rings. The van der Waals surface area contributed by atoms with Gasteiger partial charge in [-0.15, -0.1) is 0 Å². The summed E-state index contributed by atoms with van der Waals surface area (Å²) in [6, 6.07) is 10.2. The topological polar surface area (TPSA) is 73.6 Å². The van der Waals surface area contributed by atoms with Gasteiger partial charge < -0.3 is 20.5 Å². The van der Waals surface area contributed by atoms with Crippen LogP contribution in [0.15, 0.2) is 40.9 Å². The molecule has 2 aromatic carbocycles. The summed E-state index contributed by atoms with van der Waals surface area (Å²) in [5.74, 6) is 0.782. The van der Waals surface area contributed by atoms with E-state index in [2.05, 4.69) is 21.2 Å². The molecule has 0 spiro atoms. The van der Waals surface area contributed by atoms with Crippen LogP contribution < -0.4 is 20.5 Å². The van der Waals surface area contributed by atoms with Crippen LogP contribution in [0.1, 0.15) is 10.4 Å². The standard InChI is InChI=1S/C15H15BrN2O3/c1-20-10-4-6-12(16)13(8-10)18-15(19)11-5-3-9(17)7-14(11)21-2/h3-8H,17H2,1-2H3,(H,18,19). The molecule has 0 saturated heterocycles. The highest BCUT2D eigenvalue weighted by atomic mass is 79.9. The Bertz CT molecular complexity index is 674. The molecule has 0 aromatic heterocycles. The van der Waals surface area contributed by atoms with Crippen molar-refractivity contribution in [3.63, 3.8) is 0 Å². The third-order valence-electron chi connectivity index (χ3n) is 2.89. The Balaban J connectivity index is 2.30. The highest BCUT2D eigenvalue weighted by Crippen LogP contribution is 2.29. The molecule has 1 amide bonds. The fourth-order valence-corrected chi connectivity index (χ4v) is 2.16. The molecule has 21 heavy (non-hydrogen) atoms. The van der Waals surface area contributed by atoms with Crippen LogP contribution in [0.25, 0.3) is 0 Å². The summed E-state index contributed by atoms with van der Waals surface area (Å²) < 4.78 is 11.1. The van der Waals surface area contributed by atoms with E-state index in [1.807, 2.05) is 0 Å². The second-order valence-electron chi connectivity index (χ2n) is 4.26. The molecule has 3 N–H and O–H groups in total. The van der Waals surface area contributed by atoms with Gasteiger partial charge in [0.2, 0.25) is 0 Å². The smallest absolute Gasteiger partial charge is 0.259 e. The molecule has 0 bridgehead atoms. The van der Waals surface area contributed by atoms with Gasteiger partial charge in [0, 0.05) is 22.3 Å². The number of benzene rings is 2. The molecule has 2 rings (SSSR count). The monoisotopic (exact) mass is 350 g/mol. The van der Waals surface area contributed by atoms with Crippen LogP contribution in [0.3, 0.4) is 0 Å². The summed E-state index contributed by atoms with van der Waals surface area (Å²) in [5.41, 5.74) is 7.23. The molecule has 110 valence electrons. The van der Waals surface area contributed by atoms with Crippen LogP contribution in [0.5, 0.6) is 11.5 Å². The number of nitrogens with two attached hydrogens (primary N) is 1. The molecule has 0 saturated carbocycles. The number of ether oxygens (including phenoxy) is 2. The van der Waals surface area contributed by atoms with Crippen LogP contribution in [-0.2, 0) is 0 Å². The largest absolute Gasteiger partial charge is 0.497 e. The molecular formula is C15H15BrN2O3. The molecule has 0 heterocycles. The number of methoxy groups -OCH3 is 2. The van der Waals surface area contributed by atoms with Crippen molar-refractivity contribution in [3.8, 4) is 11.5 Å². The van der Waals surface area contributed by atoms with Gasteiger partial charge >= 0.3 is 0 Å². The van der Waals surface area contributed by atoms with Gasteiger partial charge in [0.15, 0.2) is 0 Å². The predicted octanol–water partition coefficient (Wildman–Crippen LogP) is 3.30. The highest BCUT2D eigenvalue weighted by Gasteiger charge is 2.14. The molecular weight excluding hydrogens is 336 g/mol. The summed E-state index contributed by atoms with van der Waals surface area (Å²) in [6.45, 7) is 0. The third kappa shape index (κ3) is 3.46. The molecule has 0 aliphatic heterocycles. The van der Waals surface area contributed by atoms with Gasteiger partial charge in [0.1, 0.15) is 11.5 Å².